The van der Waals surface area contributed by atoms with Gasteiger partial charge in [-0.2, -0.15) is 0 Å². The largest absolute Gasteiger partial charge is 0.317 e. The summed E-state index contributed by atoms with van der Waals surface area (Å²) in [4.78, 5) is 2.70. The molecule has 0 radical (unpaired) electrons. The topological polar surface area (TPSA) is 15.3 Å². The van der Waals surface area contributed by atoms with E-state index in [1.807, 2.05) is 0 Å². The van der Waals surface area contributed by atoms with E-state index in [0.29, 0.717) is 6.04 Å². The van der Waals surface area contributed by atoms with E-state index < -0.39 is 0 Å². The molecular formula is C13H28N2. The summed E-state index contributed by atoms with van der Waals surface area (Å²) in [6, 6.07) is 1.58. The first-order valence-electron chi connectivity index (χ1n) is 6.69. The second-order valence-electron chi connectivity index (χ2n) is 4.93. The van der Waals surface area contributed by atoms with Gasteiger partial charge in [0.05, 0.1) is 0 Å². The van der Waals surface area contributed by atoms with Crippen LogP contribution in [-0.2, 0) is 0 Å². The first kappa shape index (κ1) is 13.0. The van der Waals surface area contributed by atoms with Crippen LogP contribution in [0.2, 0.25) is 0 Å². The van der Waals surface area contributed by atoms with Crippen LogP contribution in [0.1, 0.15) is 52.4 Å². The van der Waals surface area contributed by atoms with Crippen LogP contribution >= 0.6 is 0 Å². The number of unbranched alkanes of at least 4 members (excludes halogenated alkanes) is 1. The molecule has 15 heavy (non-hydrogen) atoms. The van der Waals surface area contributed by atoms with Gasteiger partial charge in [-0.1, -0.05) is 13.3 Å². The highest BCUT2D eigenvalue weighted by atomic mass is 15.2. The molecule has 1 rings (SSSR count). The van der Waals surface area contributed by atoms with Gasteiger partial charge in [-0.3, -0.25) is 0 Å². The van der Waals surface area contributed by atoms with Gasteiger partial charge in [-0.15, -0.1) is 0 Å². The van der Waals surface area contributed by atoms with Crippen molar-refractivity contribution >= 4 is 0 Å². The Morgan fingerprint density at radius 3 is 2.87 bits per heavy atom. The first-order valence-corrected chi connectivity index (χ1v) is 6.69. The van der Waals surface area contributed by atoms with E-state index in [-0.39, 0.29) is 0 Å². The van der Waals surface area contributed by atoms with E-state index in [1.54, 1.807) is 0 Å². The lowest BCUT2D eigenvalue weighted by Crippen LogP contribution is -2.30. The predicted octanol–water partition coefficient (Wildman–Crippen LogP) is 2.64. The lowest BCUT2D eigenvalue weighted by atomic mass is 10.1. The van der Waals surface area contributed by atoms with Crippen molar-refractivity contribution in [2.24, 2.45) is 0 Å². The standard InChI is InChI=1S/C13H28N2/c1-4-13-9-7-11-15(13)10-6-5-8-12(2)14-3/h12-14H,4-11H2,1-3H3. The van der Waals surface area contributed by atoms with Crippen LogP contribution in [0, 0.1) is 0 Å². The smallest absolute Gasteiger partial charge is 0.00931 e. The van der Waals surface area contributed by atoms with Gasteiger partial charge in [0.25, 0.3) is 0 Å². The van der Waals surface area contributed by atoms with Crippen molar-refractivity contribution in [3.05, 3.63) is 0 Å². The maximum Gasteiger partial charge on any atom is 0.00931 e. The molecule has 1 heterocycles. The summed E-state index contributed by atoms with van der Waals surface area (Å²) < 4.78 is 0. The van der Waals surface area contributed by atoms with Gasteiger partial charge in [-0.25, -0.2) is 0 Å². The minimum atomic E-state index is 0.686. The molecule has 2 nitrogen and oxygen atoms in total. The number of nitrogens with one attached hydrogen (secondary N) is 1. The molecule has 1 aliphatic rings. The SMILES string of the molecule is CCC1CCCN1CCCCC(C)NC. The van der Waals surface area contributed by atoms with E-state index >= 15 is 0 Å². The Kier molecular flexibility index (Phi) is 6.26. The summed E-state index contributed by atoms with van der Waals surface area (Å²) in [5.41, 5.74) is 0. The van der Waals surface area contributed by atoms with E-state index in [4.69, 9.17) is 0 Å². The van der Waals surface area contributed by atoms with E-state index in [1.165, 1.54) is 51.6 Å². The van der Waals surface area contributed by atoms with Crippen LogP contribution in [0.5, 0.6) is 0 Å². The summed E-state index contributed by atoms with van der Waals surface area (Å²) in [7, 11) is 2.05. The molecule has 0 saturated carbocycles. The summed E-state index contributed by atoms with van der Waals surface area (Å²) >= 11 is 0. The summed E-state index contributed by atoms with van der Waals surface area (Å²) in [5, 5.41) is 3.30. The molecule has 0 aromatic carbocycles. The molecule has 0 aliphatic carbocycles. The van der Waals surface area contributed by atoms with Crippen molar-refractivity contribution in [1.82, 2.24) is 10.2 Å². The Bertz CT molecular complexity index is 159. The average molecular weight is 212 g/mol. The second-order valence-corrected chi connectivity index (χ2v) is 4.93. The van der Waals surface area contributed by atoms with Crippen LogP contribution < -0.4 is 5.32 Å². The van der Waals surface area contributed by atoms with E-state index in [9.17, 15) is 0 Å². The maximum atomic E-state index is 3.30. The van der Waals surface area contributed by atoms with Gasteiger partial charge in [0.1, 0.15) is 0 Å². The number of hydrogen-bond acceptors (Lipinski definition) is 2. The Labute approximate surface area is 95.4 Å². The van der Waals surface area contributed by atoms with Crippen molar-refractivity contribution in [2.75, 3.05) is 20.1 Å². The van der Waals surface area contributed by atoms with Crippen LogP contribution in [0.3, 0.4) is 0 Å². The van der Waals surface area contributed by atoms with Gasteiger partial charge >= 0.3 is 0 Å². The molecule has 1 saturated heterocycles. The van der Waals surface area contributed by atoms with Gasteiger partial charge in [0, 0.05) is 12.1 Å². The Morgan fingerprint density at radius 1 is 1.40 bits per heavy atom. The average Bonchev–Trinajstić information content (AvgIpc) is 2.71. The van der Waals surface area contributed by atoms with Crippen LogP contribution in [0.4, 0.5) is 0 Å². The van der Waals surface area contributed by atoms with Crippen molar-refractivity contribution < 1.29 is 0 Å². The predicted molar refractivity (Wildman–Crippen MR) is 67.3 cm³/mol. The Hall–Kier alpha value is -0.0800. The molecule has 0 aromatic rings. The molecule has 1 N–H and O–H groups in total. The van der Waals surface area contributed by atoms with E-state index in [0.717, 1.165) is 6.04 Å². The zero-order valence-corrected chi connectivity index (χ0v) is 10.8. The third kappa shape index (κ3) is 4.52. The summed E-state index contributed by atoms with van der Waals surface area (Å²) in [6.07, 6.45) is 8.26. The number of rotatable bonds is 7. The molecule has 0 spiro atoms. The molecule has 1 aliphatic heterocycles. The second kappa shape index (κ2) is 7.24. The van der Waals surface area contributed by atoms with Gasteiger partial charge in [0.15, 0.2) is 0 Å². The fourth-order valence-electron chi connectivity index (χ4n) is 2.56. The molecule has 2 atom stereocenters. The maximum absolute atomic E-state index is 3.30. The molecule has 0 bridgehead atoms. The van der Waals surface area contributed by atoms with Crippen molar-refractivity contribution in [1.29, 1.82) is 0 Å². The minimum absolute atomic E-state index is 0.686. The highest BCUT2D eigenvalue weighted by molar-refractivity contribution is 4.77. The molecule has 2 heteroatoms. The highest BCUT2D eigenvalue weighted by Gasteiger charge is 2.21. The third-order valence-corrected chi connectivity index (χ3v) is 3.80. The summed E-state index contributed by atoms with van der Waals surface area (Å²) in [5.74, 6) is 0. The Morgan fingerprint density at radius 2 is 2.20 bits per heavy atom. The zero-order valence-electron chi connectivity index (χ0n) is 10.8. The van der Waals surface area contributed by atoms with Gasteiger partial charge in [0.2, 0.25) is 0 Å². The number of likely N-dealkylation sites (tertiary alicyclic amines) is 1. The fraction of sp³-hybridized carbons (Fsp3) is 1.00. The molecule has 1 fully saturated rings. The normalized spacial score (nSPS) is 24.6. The molecule has 90 valence electrons. The third-order valence-electron chi connectivity index (χ3n) is 3.80. The number of nitrogens with zero attached hydrogens (tertiary/aromatic N) is 1. The van der Waals surface area contributed by atoms with Crippen molar-refractivity contribution in [3.63, 3.8) is 0 Å². The lowest BCUT2D eigenvalue weighted by Gasteiger charge is -2.23. The number of hydrogen-bond donors (Lipinski definition) is 1. The minimum Gasteiger partial charge on any atom is -0.317 e. The quantitative estimate of drug-likeness (QED) is 0.653. The van der Waals surface area contributed by atoms with Gasteiger partial charge in [-0.05, 0) is 59.2 Å². The Balaban J connectivity index is 2.04. The van der Waals surface area contributed by atoms with Crippen LogP contribution in [-0.4, -0.2) is 37.1 Å². The lowest BCUT2D eigenvalue weighted by molar-refractivity contribution is 0.242. The molecule has 2 unspecified atom stereocenters. The zero-order chi connectivity index (χ0) is 11.1. The molecule has 0 aromatic heterocycles. The van der Waals surface area contributed by atoms with Crippen molar-refractivity contribution in [2.45, 2.75) is 64.5 Å². The molecular weight excluding hydrogens is 184 g/mol. The first-order chi connectivity index (χ1) is 7.27. The monoisotopic (exact) mass is 212 g/mol. The highest BCUT2D eigenvalue weighted by Crippen LogP contribution is 2.20. The molecule has 0 amide bonds. The van der Waals surface area contributed by atoms with Crippen molar-refractivity contribution in [3.8, 4) is 0 Å². The van der Waals surface area contributed by atoms with E-state index in [2.05, 4.69) is 31.1 Å². The van der Waals surface area contributed by atoms with Gasteiger partial charge < -0.3 is 10.2 Å². The van der Waals surface area contributed by atoms with Crippen LogP contribution in [0.25, 0.3) is 0 Å². The van der Waals surface area contributed by atoms with Crippen LogP contribution in [0.15, 0.2) is 0 Å². The fourth-order valence-corrected chi connectivity index (χ4v) is 2.56. The summed E-state index contributed by atoms with van der Waals surface area (Å²) in [6.45, 7) is 7.27.